The monoisotopic (exact) mass is 536 g/mol. The van der Waals surface area contributed by atoms with Gasteiger partial charge >= 0.3 is 5.97 Å². The minimum absolute atomic E-state index is 0.103. The summed E-state index contributed by atoms with van der Waals surface area (Å²) in [5.41, 5.74) is -0.736. The highest BCUT2D eigenvalue weighted by Gasteiger charge is 2.80. The van der Waals surface area contributed by atoms with Gasteiger partial charge in [-0.1, -0.05) is 37.3 Å². The van der Waals surface area contributed by atoms with Crippen LogP contribution in [0.3, 0.4) is 0 Å². The van der Waals surface area contributed by atoms with Gasteiger partial charge in [-0.15, -0.1) is 0 Å². The largest absolute Gasteiger partial charge is 0.497 e. The Labute approximate surface area is 228 Å². The van der Waals surface area contributed by atoms with Gasteiger partial charge in [-0.05, 0) is 62.4 Å². The third kappa shape index (κ3) is 4.28. The Morgan fingerprint density at radius 1 is 1.18 bits per heavy atom. The van der Waals surface area contributed by atoms with Crippen LogP contribution in [0.2, 0.25) is 0 Å². The quantitative estimate of drug-likeness (QED) is 0.474. The molecule has 208 valence electrons. The Balaban J connectivity index is 1.57. The molecule has 7 atom stereocenters. The summed E-state index contributed by atoms with van der Waals surface area (Å²) in [6, 6.07) is 14.7. The van der Waals surface area contributed by atoms with Crippen LogP contribution in [0.25, 0.3) is 0 Å². The number of esters is 1. The number of amides is 2. The fraction of sp³-hybridized carbons (Fsp3) is 0.500. The van der Waals surface area contributed by atoms with Crippen LogP contribution in [0.15, 0.2) is 54.6 Å². The summed E-state index contributed by atoms with van der Waals surface area (Å²) in [7, 11) is 1.56. The number of nitrogens with one attached hydrogen (secondary N) is 1. The number of carbonyl (C=O) groups is 3. The number of anilines is 1. The zero-order valence-electron chi connectivity index (χ0n) is 22.8. The highest BCUT2D eigenvalue weighted by molar-refractivity contribution is 6.03. The summed E-state index contributed by atoms with van der Waals surface area (Å²) >= 11 is 0. The van der Waals surface area contributed by atoms with Crippen molar-refractivity contribution in [2.24, 2.45) is 17.8 Å². The van der Waals surface area contributed by atoms with Crippen LogP contribution in [-0.4, -0.2) is 71.4 Å². The molecule has 2 amide bonds. The number of ether oxygens (including phenoxy) is 3. The van der Waals surface area contributed by atoms with Gasteiger partial charge in [-0.2, -0.15) is 0 Å². The van der Waals surface area contributed by atoms with Gasteiger partial charge in [0.25, 0.3) is 0 Å². The standard InChI is InChI=1S/C30H36N2O7/c1-5-38-28(36)24-23-27(35)32(21(17-33)15-19-9-7-6-8-10-19)25(30(23)16-18(2)29(24,3)39-30)26(34)31-20-11-13-22(37-4)14-12-20/h6-14,18,21,23-25,33H,5,15-17H2,1-4H3,(H,31,34)/t18?,21-,23+,24-,25?,29+,30?/m1/s1. The number of methoxy groups -OCH3 is 1. The number of nitrogens with zero attached hydrogens (tertiary/aromatic N) is 1. The number of aliphatic hydroxyl groups is 1. The normalized spacial score (nSPS) is 31.6. The van der Waals surface area contributed by atoms with Gasteiger partial charge in [0, 0.05) is 5.69 Å². The number of hydrogen-bond acceptors (Lipinski definition) is 7. The number of fused-ring (bicyclic) bond motifs is 1. The first-order chi connectivity index (χ1) is 18.7. The molecule has 0 saturated carbocycles. The topological polar surface area (TPSA) is 114 Å². The molecular weight excluding hydrogens is 500 g/mol. The summed E-state index contributed by atoms with van der Waals surface area (Å²) in [5, 5.41) is 13.5. The van der Waals surface area contributed by atoms with E-state index in [1.54, 1.807) is 38.3 Å². The molecule has 9 heteroatoms. The van der Waals surface area contributed by atoms with Crippen LogP contribution in [-0.2, 0) is 30.3 Å². The zero-order chi connectivity index (χ0) is 27.9. The molecule has 2 bridgehead atoms. The number of hydrogen-bond donors (Lipinski definition) is 2. The first kappa shape index (κ1) is 27.1. The highest BCUT2D eigenvalue weighted by atomic mass is 16.6. The Hall–Kier alpha value is -3.43. The van der Waals surface area contributed by atoms with Gasteiger partial charge in [0.2, 0.25) is 11.8 Å². The van der Waals surface area contributed by atoms with Crippen LogP contribution in [0.1, 0.15) is 32.8 Å². The van der Waals surface area contributed by atoms with E-state index in [1.165, 1.54) is 4.90 Å². The lowest BCUT2D eigenvalue weighted by Crippen LogP contribution is -2.57. The van der Waals surface area contributed by atoms with Crippen molar-refractivity contribution < 1.29 is 33.7 Å². The number of rotatable bonds is 9. The van der Waals surface area contributed by atoms with E-state index < -0.39 is 47.0 Å². The Kier molecular flexibility index (Phi) is 7.15. The van der Waals surface area contributed by atoms with E-state index in [-0.39, 0.29) is 25.0 Å². The van der Waals surface area contributed by atoms with Gasteiger partial charge in [0.05, 0.1) is 37.9 Å². The minimum atomic E-state index is -1.23. The zero-order valence-corrected chi connectivity index (χ0v) is 22.8. The second-order valence-corrected chi connectivity index (χ2v) is 10.9. The molecule has 3 aliphatic rings. The molecule has 3 saturated heterocycles. The van der Waals surface area contributed by atoms with Crippen molar-refractivity contribution in [3.05, 3.63) is 60.2 Å². The summed E-state index contributed by atoms with van der Waals surface area (Å²) in [6.45, 7) is 5.37. The molecule has 3 fully saturated rings. The lowest BCUT2D eigenvalue weighted by molar-refractivity contribution is -0.161. The van der Waals surface area contributed by atoms with Crippen molar-refractivity contribution >= 4 is 23.5 Å². The fourth-order valence-electron chi connectivity index (χ4n) is 6.98. The van der Waals surface area contributed by atoms with E-state index in [4.69, 9.17) is 14.2 Å². The number of aliphatic hydroxyl groups excluding tert-OH is 1. The second-order valence-electron chi connectivity index (χ2n) is 10.9. The third-order valence-electron chi connectivity index (χ3n) is 8.82. The van der Waals surface area contributed by atoms with E-state index in [0.29, 0.717) is 24.3 Å². The second kappa shape index (κ2) is 10.3. The molecule has 3 heterocycles. The molecule has 0 radical (unpaired) electrons. The number of likely N-dealkylation sites (tertiary alicyclic amines) is 1. The summed E-state index contributed by atoms with van der Waals surface area (Å²) in [4.78, 5) is 43.2. The van der Waals surface area contributed by atoms with Gasteiger partial charge in [-0.3, -0.25) is 14.4 Å². The molecule has 39 heavy (non-hydrogen) atoms. The average Bonchev–Trinajstić information content (AvgIpc) is 3.45. The van der Waals surface area contributed by atoms with Gasteiger partial charge in [-0.25, -0.2) is 0 Å². The van der Waals surface area contributed by atoms with E-state index in [1.807, 2.05) is 44.2 Å². The maximum atomic E-state index is 14.3. The maximum absolute atomic E-state index is 14.3. The van der Waals surface area contributed by atoms with Crippen LogP contribution in [0.4, 0.5) is 5.69 Å². The van der Waals surface area contributed by atoms with Crippen LogP contribution >= 0.6 is 0 Å². The first-order valence-corrected chi connectivity index (χ1v) is 13.5. The van der Waals surface area contributed by atoms with E-state index in [0.717, 1.165) is 5.56 Å². The minimum Gasteiger partial charge on any atom is -0.497 e. The Morgan fingerprint density at radius 3 is 2.49 bits per heavy atom. The molecule has 2 aromatic carbocycles. The van der Waals surface area contributed by atoms with Crippen molar-refractivity contribution in [3.8, 4) is 5.75 Å². The lowest BCUT2D eigenvalue weighted by atomic mass is 9.62. The summed E-state index contributed by atoms with van der Waals surface area (Å²) in [5.74, 6) is -2.50. The molecule has 0 aromatic heterocycles. The van der Waals surface area contributed by atoms with Crippen LogP contribution < -0.4 is 10.1 Å². The molecule has 2 aromatic rings. The first-order valence-electron chi connectivity index (χ1n) is 13.5. The highest BCUT2D eigenvalue weighted by Crippen LogP contribution is 2.65. The molecule has 3 unspecified atom stereocenters. The smallest absolute Gasteiger partial charge is 0.312 e. The van der Waals surface area contributed by atoms with Crippen molar-refractivity contribution in [1.82, 2.24) is 4.90 Å². The van der Waals surface area contributed by atoms with Crippen molar-refractivity contribution in [2.45, 2.75) is 56.9 Å². The van der Waals surface area contributed by atoms with E-state index in [2.05, 4.69) is 5.32 Å². The predicted molar refractivity (Wildman–Crippen MR) is 143 cm³/mol. The molecule has 5 rings (SSSR count). The molecular formula is C30H36N2O7. The van der Waals surface area contributed by atoms with Gasteiger partial charge in [0.15, 0.2) is 0 Å². The maximum Gasteiger partial charge on any atom is 0.312 e. The van der Waals surface area contributed by atoms with Crippen LogP contribution in [0.5, 0.6) is 5.75 Å². The van der Waals surface area contributed by atoms with Crippen molar-refractivity contribution in [1.29, 1.82) is 0 Å². The average molecular weight is 537 g/mol. The van der Waals surface area contributed by atoms with Gasteiger partial charge < -0.3 is 29.5 Å². The summed E-state index contributed by atoms with van der Waals surface area (Å²) < 4.78 is 17.3. The number of carbonyl (C=O) groups excluding carboxylic acids is 3. The fourth-order valence-corrected chi connectivity index (χ4v) is 6.98. The molecule has 0 aliphatic carbocycles. The molecule has 1 spiro atoms. The van der Waals surface area contributed by atoms with Crippen molar-refractivity contribution in [3.63, 3.8) is 0 Å². The SMILES string of the molecule is CCOC(=O)[C@H]1[C@H]2C(=O)N([C@@H](CO)Cc3ccccc3)C(C(=O)Nc3ccc(OC)cc3)C23CC(C)[C@]1(C)O3. The lowest BCUT2D eigenvalue weighted by Gasteiger charge is -2.37. The van der Waals surface area contributed by atoms with E-state index in [9.17, 15) is 19.5 Å². The van der Waals surface area contributed by atoms with E-state index >= 15 is 0 Å². The Morgan fingerprint density at radius 2 is 1.87 bits per heavy atom. The van der Waals surface area contributed by atoms with Crippen molar-refractivity contribution in [2.75, 3.05) is 25.6 Å². The summed E-state index contributed by atoms with van der Waals surface area (Å²) in [6.07, 6.45) is 0.769. The molecule has 2 N–H and O–H groups in total. The number of benzene rings is 2. The third-order valence-corrected chi connectivity index (χ3v) is 8.82. The Bertz CT molecular complexity index is 1240. The van der Waals surface area contributed by atoms with Gasteiger partial charge in [0.1, 0.15) is 23.3 Å². The molecule has 3 aliphatic heterocycles. The molecule has 9 nitrogen and oxygen atoms in total. The predicted octanol–water partition coefficient (Wildman–Crippen LogP) is 2.81. The van der Waals surface area contributed by atoms with Crippen LogP contribution in [0, 0.1) is 17.8 Å².